The fourth-order valence-corrected chi connectivity index (χ4v) is 1.23. The van der Waals surface area contributed by atoms with E-state index in [1.807, 2.05) is 0 Å². The summed E-state index contributed by atoms with van der Waals surface area (Å²) in [6, 6.07) is 0. The molecule has 0 heterocycles. The molecule has 0 rings (SSSR count). The topological polar surface area (TPSA) is 44.8 Å². The molecular weight excluding hydrogens is 484 g/mol. The highest BCUT2D eigenvalue weighted by molar-refractivity contribution is 5.81. The number of hydrogen-bond donors (Lipinski definition) is 0. The Labute approximate surface area is 175 Å². The van der Waals surface area contributed by atoms with Crippen molar-refractivity contribution in [2.45, 2.75) is 50.9 Å². The summed E-state index contributed by atoms with van der Waals surface area (Å²) < 4.78 is 156. The van der Waals surface area contributed by atoms with Gasteiger partial charge in [0.1, 0.15) is 12.1 Å². The van der Waals surface area contributed by atoms with E-state index in [1.54, 1.807) is 0 Å². The Morgan fingerprint density at radius 1 is 0.844 bits per heavy atom. The molecule has 0 saturated carbocycles. The number of carbonyl (C=O) groups excluding carboxylic acids is 1. The Morgan fingerprint density at radius 2 is 1.22 bits per heavy atom. The van der Waals surface area contributed by atoms with Crippen LogP contribution in [0, 0.1) is 5.41 Å². The van der Waals surface area contributed by atoms with Crippen LogP contribution < -0.4 is 0 Å². The number of esters is 1. The van der Waals surface area contributed by atoms with Crippen molar-refractivity contribution in [3.63, 3.8) is 0 Å². The van der Waals surface area contributed by atoms with Crippen molar-refractivity contribution in [1.82, 2.24) is 0 Å². The van der Waals surface area contributed by atoms with Gasteiger partial charge in [-0.3, -0.25) is 8.78 Å². The molecule has 0 aromatic rings. The fraction of sp³-hybridized carbons (Fsp3) is 0.812. The lowest BCUT2D eigenvalue weighted by atomic mass is 9.80. The molecule has 0 amide bonds. The van der Waals surface area contributed by atoms with Crippen LogP contribution in [0.2, 0.25) is 0 Å². The molecule has 0 saturated heterocycles. The molecule has 0 radical (unpaired) electrons. The molecule has 194 valence electrons. The third-order valence-corrected chi connectivity index (χ3v) is 3.63. The Kier molecular flexibility index (Phi) is 13.6. The van der Waals surface area contributed by atoms with Gasteiger partial charge < -0.3 is 9.47 Å². The van der Waals surface area contributed by atoms with Crippen molar-refractivity contribution in [2.24, 2.45) is 5.41 Å². The standard InChI is InChI=1S/C8H8F6O4.C7H11F5.CH3F/c1-3-5(15)17-4-6(9,10)18-8(13,14)7(11,12)16-2;1-5(4-8,6(2,9)10)7(3,11)12;1-2/h3H,1,4H2,2H3;4H2,1-3H3;1H3. The zero-order valence-electron chi connectivity index (χ0n) is 17.4. The van der Waals surface area contributed by atoms with Crippen molar-refractivity contribution >= 4 is 5.97 Å². The minimum absolute atomic E-state index is 0.174. The second-order valence-electron chi connectivity index (χ2n) is 6.03. The quantitative estimate of drug-likeness (QED) is 0.207. The van der Waals surface area contributed by atoms with Crippen LogP contribution in [0.25, 0.3) is 0 Å². The van der Waals surface area contributed by atoms with Crippen LogP contribution in [-0.2, 0) is 19.0 Å². The highest BCUT2D eigenvalue weighted by Gasteiger charge is 2.64. The second kappa shape index (κ2) is 12.5. The van der Waals surface area contributed by atoms with Crippen molar-refractivity contribution in [1.29, 1.82) is 0 Å². The molecule has 0 N–H and O–H groups in total. The maximum atomic E-state index is 12.7. The van der Waals surface area contributed by atoms with Gasteiger partial charge in [0.25, 0.3) is 11.8 Å². The van der Waals surface area contributed by atoms with Crippen LogP contribution in [-0.4, -0.2) is 63.7 Å². The van der Waals surface area contributed by atoms with Crippen molar-refractivity contribution < 1.29 is 71.7 Å². The number of alkyl halides is 12. The van der Waals surface area contributed by atoms with Gasteiger partial charge in [0.05, 0.1) is 7.18 Å². The molecule has 0 aliphatic heterocycles. The van der Waals surface area contributed by atoms with Crippen molar-refractivity contribution in [3.05, 3.63) is 12.7 Å². The number of rotatable bonds is 10. The number of hydrogen-bond acceptors (Lipinski definition) is 4. The van der Waals surface area contributed by atoms with Gasteiger partial charge >= 0.3 is 24.3 Å². The lowest BCUT2D eigenvalue weighted by Gasteiger charge is -2.37. The van der Waals surface area contributed by atoms with E-state index in [0.29, 0.717) is 34.0 Å². The summed E-state index contributed by atoms with van der Waals surface area (Å²) in [5.74, 6) is -8.83. The third kappa shape index (κ3) is 10.3. The van der Waals surface area contributed by atoms with E-state index in [2.05, 4.69) is 20.8 Å². The van der Waals surface area contributed by atoms with E-state index in [4.69, 9.17) is 0 Å². The maximum Gasteiger partial charge on any atom is 0.452 e. The molecule has 0 aliphatic carbocycles. The van der Waals surface area contributed by atoms with Crippen LogP contribution >= 0.6 is 0 Å². The first-order valence-electron chi connectivity index (χ1n) is 7.91. The summed E-state index contributed by atoms with van der Waals surface area (Å²) in [5.41, 5.74) is -2.92. The number of carbonyl (C=O) groups is 1. The predicted molar refractivity (Wildman–Crippen MR) is 86.4 cm³/mol. The first kappa shape index (κ1) is 34.9. The molecule has 16 heteroatoms. The highest BCUT2D eigenvalue weighted by Crippen LogP contribution is 2.48. The molecule has 4 nitrogen and oxygen atoms in total. The van der Waals surface area contributed by atoms with E-state index in [0.717, 1.165) is 0 Å². The van der Waals surface area contributed by atoms with E-state index in [1.165, 1.54) is 0 Å². The molecule has 0 aromatic carbocycles. The Bertz CT molecular complexity index is 556. The lowest BCUT2D eigenvalue weighted by Crippen LogP contribution is -2.50. The van der Waals surface area contributed by atoms with Crippen LogP contribution in [0.3, 0.4) is 0 Å². The molecule has 0 unspecified atom stereocenters. The zero-order chi connectivity index (χ0) is 26.8. The largest absolute Gasteiger partial charge is 0.453 e. The number of halogens is 12. The van der Waals surface area contributed by atoms with Crippen molar-refractivity contribution in [3.8, 4) is 0 Å². The minimum atomic E-state index is -5.61. The molecule has 0 bridgehead atoms. The summed E-state index contributed by atoms with van der Waals surface area (Å²) >= 11 is 0. The smallest absolute Gasteiger partial charge is 0.452 e. The van der Waals surface area contributed by atoms with E-state index in [9.17, 15) is 57.5 Å². The van der Waals surface area contributed by atoms with E-state index in [-0.39, 0.29) is 7.11 Å². The Balaban J connectivity index is -0.000000521. The SMILES string of the molecule is C=CC(=O)OCC(F)(F)OC(F)(F)C(F)(F)OC.CC(F)(F)C(C)(CF)C(C)(F)F.CF. The average molecular weight is 506 g/mol. The minimum Gasteiger partial charge on any atom is -0.453 e. The second-order valence-corrected chi connectivity index (χ2v) is 6.03. The molecule has 0 atom stereocenters. The molecular formula is C16H22F12O4. The molecule has 0 spiro atoms. The summed E-state index contributed by atoms with van der Waals surface area (Å²) in [6.45, 7) is 0.237. The lowest BCUT2D eigenvalue weighted by molar-refractivity contribution is -0.479. The average Bonchev–Trinajstić information content (AvgIpc) is 2.64. The van der Waals surface area contributed by atoms with Gasteiger partial charge in [0, 0.05) is 27.0 Å². The van der Waals surface area contributed by atoms with E-state index < -0.39 is 54.8 Å². The van der Waals surface area contributed by atoms with Gasteiger partial charge in [-0.25, -0.2) is 27.1 Å². The normalized spacial score (nSPS) is 13.3. The summed E-state index contributed by atoms with van der Waals surface area (Å²) in [5, 5.41) is 0. The van der Waals surface area contributed by atoms with Crippen LogP contribution in [0.1, 0.15) is 20.8 Å². The third-order valence-electron chi connectivity index (χ3n) is 3.63. The van der Waals surface area contributed by atoms with E-state index >= 15 is 0 Å². The van der Waals surface area contributed by atoms with Crippen LogP contribution in [0.5, 0.6) is 0 Å². The zero-order valence-corrected chi connectivity index (χ0v) is 17.4. The molecule has 0 aromatic heterocycles. The van der Waals surface area contributed by atoms with Crippen LogP contribution in [0.4, 0.5) is 52.7 Å². The maximum absolute atomic E-state index is 12.7. The first-order chi connectivity index (χ1) is 14.0. The van der Waals surface area contributed by atoms with Gasteiger partial charge in [-0.2, -0.15) is 26.3 Å². The molecule has 0 aliphatic rings. The Morgan fingerprint density at radius 3 is 1.44 bits per heavy atom. The number of methoxy groups -OCH3 is 1. The van der Waals surface area contributed by atoms with Gasteiger partial charge in [-0.15, -0.1) is 0 Å². The summed E-state index contributed by atoms with van der Waals surface area (Å²) in [6.07, 6.45) is -15.2. The van der Waals surface area contributed by atoms with Gasteiger partial charge in [-0.1, -0.05) is 6.58 Å². The summed E-state index contributed by atoms with van der Waals surface area (Å²) in [7, 11) is 0.674. The highest BCUT2D eigenvalue weighted by atomic mass is 19.3. The number of ether oxygens (including phenoxy) is 3. The Hall–Kier alpha value is -1.71. The summed E-state index contributed by atoms with van der Waals surface area (Å²) in [4.78, 5) is 10.4. The van der Waals surface area contributed by atoms with Crippen LogP contribution in [0.15, 0.2) is 12.7 Å². The molecule has 32 heavy (non-hydrogen) atoms. The first-order valence-corrected chi connectivity index (χ1v) is 7.91. The van der Waals surface area contributed by atoms with Gasteiger partial charge in [0.15, 0.2) is 6.61 Å². The monoisotopic (exact) mass is 506 g/mol. The van der Waals surface area contributed by atoms with Gasteiger partial charge in [0.2, 0.25) is 0 Å². The fourth-order valence-electron chi connectivity index (χ4n) is 1.23. The molecule has 0 fully saturated rings. The van der Waals surface area contributed by atoms with Gasteiger partial charge in [-0.05, 0) is 6.92 Å². The predicted octanol–water partition coefficient (Wildman–Crippen LogP) is 6.02. The van der Waals surface area contributed by atoms with Crippen molar-refractivity contribution in [2.75, 3.05) is 27.6 Å².